The molecule has 0 saturated heterocycles. The number of rotatable bonds is 6. The van der Waals surface area contributed by atoms with Gasteiger partial charge in [-0.05, 0) is 42.3 Å². The van der Waals surface area contributed by atoms with Crippen LogP contribution in [0.2, 0.25) is 5.02 Å². The van der Waals surface area contributed by atoms with Gasteiger partial charge in [-0.1, -0.05) is 35.5 Å². The summed E-state index contributed by atoms with van der Waals surface area (Å²) in [5.74, 6) is 1.81. The molecule has 0 bridgehead atoms. The minimum Gasteiger partial charge on any atom is -0.497 e. The van der Waals surface area contributed by atoms with Gasteiger partial charge in [-0.2, -0.15) is 0 Å². The second-order valence-corrected chi connectivity index (χ2v) is 10.1. The van der Waals surface area contributed by atoms with E-state index in [0.29, 0.717) is 33.1 Å². The van der Waals surface area contributed by atoms with Gasteiger partial charge in [0.05, 0.1) is 24.9 Å². The number of benzene rings is 2. The van der Waals surface area contributed by atoms with Crippen LogP contribution in [-0.2, 0) is 4.79 Å². The van der Waals surface area contributed by atoms with Crippen molar-refractivity contribution in [3.63, 3.8) is 0 Å². The van der Waals surface area contributed by atoms with E-state index in [0.717, 1.165) is 17.7 Å². The van der Waals surface area contributed by atoms with E-state index in [-0.39, 0.29) is 11.8 Å². The van der Waals surface area contributed by atoms with Gasteiger partial charge in [0, 0.05) is 17.7 Å². The molecule has 1 saturated carbocycles. The molecule has 4 rings (SSSR count). The standard InChI is InChI=1S/C22H19Cl3N2O3S/c1-29-16-6-3-13(4-7-16)9-18-20(28)27(15-5-8-17(23)19(10-15)30-2)21(26-18)31-12-14-11-22(14,24)25/h3-10,14H,11-12H2,1-2H3/b18-9-. The van der Waals surface area contributed by atoms with Crippen molar-refractivity contribution in [2.45, 2.75) is 10.8 Å². The maximum atomic E-state index is 13.3. The number of anilines is 1. The number of aliphatic imine (C=N–C) groups is 1. The molecule has 0 N–H and O–H groups in total. The Morgan fingerprint density at radius 1 is 1.19 bits per heavy atom. The van der Waals surface area contributed by atoms with Gasteiger partial charge in [-0.15, -0.1) is 23.2 Å². The first-order chi connectivity index (χ1) is 14.8. The summed E-state index contributed by atoms with van der Waals surface area (Å²) in [6.07, 6.45) is 2.48. The third-order valence-corrected chi connectivity index (χ3v) is 7.35. The van der Waals surface area contributed by atoms with Crippen molar-refractivity contribution in [2.24, 2.45) is 10.9 Å². The number of hydrogen-bond acceptors (Lipinski definition) is 5. The predicted octanol–water partition coefficient (Wildman–Crippen LogP) is 6.03. The van der Waals surface area contributed by atoms with Gasteiger partial charge in [0.2, 0.25) is 0 Å². The number of carbonyl (C=O) groups excluding carboxylic acids is 1. The first-order valence-corrected chi connectivity index (χ1v) is 11.6. The molecule has 2 aromatic rings. The van der Waals surface area contributed by atoms with Crippen molar-refractivity contribution in [3.05, 3.63) is 58.7 Å². The second kappa shape index (κ2) is 8.94. The monoisotopic (exact) mass is 496 g/mol. The fourth-order valence-electron chi connectivity index (χ4n) is 3.09. The topological polar surface area (TPSA) is 51.1 Å². The largest absolute Gasteiger partial charge is 0.497 e. The van der Waals surface area contributed by atoms with Crippen LogP contribution in [0.4, 0.5) is 5.69 Å². The van der Waals surface area contributed by atoms with Crippen LogP contribution in [0.15, 0.2) is 53.2 Å². The van der Waals surface area contributed by atoms with E-state index in [2.05, 4.69) is 4.99 Å². The molecular weight excluding hydrogens is 479 g/mol. The van der Waals surface area contributed by atoms with Gasteiger partial charge in [0.1, 0.15) is 21.5 Å². The van der Waals surface area contributed by atoms with Gasteiger partial charge in [0.25, 0.3) is 5.91 Å². The van der Waals surface area contributed by atoms with Crippen LogP contribution in [-0.4, -0.2) is 35.4 Å². The number of halogens is 3. The van der Waals surface area contributed by atoms with Crippen LogP contribution in [0.3, 0.4) is 0 Å². The number of ether oxygens (including phenoxy) is 2. The quantitative estimate of drug-likeness (QED) is 0.361. The molecule has 31 heavy (non-hydrogen) atoms. The lowest BCUT2D eigenvalue weighted by Gasteiger charge is -2.19. The Kier molecular flexibility index (Phi) is 6.44. The molecule has 2 aliphatic rings. The van der Waals surface area contributed by atoms with E-state index in [9.17, 15) is 4.79 Å². The van der Waals surface area contributed by atoms with E-state index in [1.54, 1.807) is 36.3 Å². The Hall–Kier alpha value is -1.86. The van der Waals surface area contributed by atoms with Gasteiger partial charge >= 0.3 is 0 Å². The highest BCUT2D eigenvalue weighted by atomic mass is 35.5. The molecular formula is C22H19Cl3N2O3S. The number of thioether (sulfide) groups is 1. The number of methoxy groups -OCH3 is 2. The summed E-state index contributed by atoms with van der Waals surface area (Å²) in [5.41, 5.74) is 1.80. The lowest BCUT2D eigenvalue weighted by molar-refractivity contribution is -0.113. The maximum absolute atomic E-state index is 13.3. The average molecular weight is 498 g/mol. The van der Waals surface area contributed by atoms with Crippen molar-refractivity contribution in [1.29, 1.82) is 0 Å². The van der Waals surface area contributed by atoms with Crippen molar-refractivity contribution >= 4 is 69.4 Å². The summed E-state index contributed by atoms with van der Waals surface area (Å²) >= 11 is 20.0. The highest BCUT2D eigenvalue weighted by molar-refractivity contribution is 8.14. The summed E-state index contributed by atoms with van der Waals surface area (Å²) in [4.78, 5) is 19.5. The molecule has 1 aliphatic carbocycles. The highest BCUT2D eigenvalue weighted by Gasteiger charge is 2.51. The zero-order valence-corrected chi connectivity index (χ0v) is 19.9. The Balaban J connectivity index is 1.65. The van der Waals surface area contributed by atoms with Crippen molar-refractivity contribution in [1.82, 2.24) is 0 Å². The zero-order chi connectivity index (χ0) is 22.2. The molecule has 1 heterocycles. The number of hydrogen-bond donors (Lipinski definition) is 0. The molecule has 162 valence electrons. The van der Waals surface area contributed by atoms with Crippen LogP contribution in [0.1, 0.15) is 12.0 Å². The van der Waals surface area contributed by atoms with E-state index < -0.39 is 4.33 Å². The zero-order valence-electron chi connectivity index (χ0n) is 16.8. The van der Waals surface area contributed by atoms with E-state index in [4.69, 9.17) is 44.3 Å². The fraction of sp³-hybridized carbons (Fsp3) is 0.273. The fourth-order valence-corrected chi connectivity index (χ4v) is 5.23. The van der Waals surface area contributed by atoms with E-state index in [1.165, 1.54) is 18.9 Å². The van der Waals surface area contributed by atoms with Crippen LogP contribution >= 0.6 is 46.6 Å². The molecule has 0 spiro atoms. The maximum Gasteiger partial charge on any atom is 0.283 e. The molecule has 1 atom stereocenters. The molecule has 2 aromatic carbocycles. The molecule has 0 radical (unpaired) electrons. The average Bonchev–Trinajstić information content (AvgIpc) is 3.26. The Morgan fingerprint density at radius 3 is 2.52 bits per heavy atom. The minimum atomic E-state index is -0.688. The molecule has 0 aromatic heterocycles. The molecule has 1 aliphatic heterocycles. The molecule has 1 unspecified atom stereocenters. The van der Waals surface area contributed by atoms with Crippen molar-refractivity contribution in [3.8, 4) is 11.5 Å². The number of amides is 1. The van der Waals surface area contributed by atoms with Crippen LogP contribution < -0.4 is 14.4 Å². The highest BCUT2D eigenvalue weighted by Crippen LogP contribution is 2.54. The number of nitrogens with zero attached hydrogens (tertiary/aromatic N) is 2. The SMILES string of the molecule is COc1ccc(/C=C2\N=C(SCC3CC3(Cl)Cl)N(c3ccc(Cl)c(OC)c3)C2=O)cc1. The molecule has 1 amide bonds. The minimum absolute atomic E-state index is 0.162. The number of carbonyl (C=O) groups is 1. The predicted molar refractivity (Wildman–Crippen MR) is 129 cm³/mol. The van der Waals surface area contributed by atoms with Crippen LogP contribution in [0.5, 0.6) is 11.5 Å². The van der Waals surface area contributed by atoms with Crippen molar-refractivity contribution in [2.75, 3.05) is 24.9 Å². The summed E-state index contributed by atoms with van der Waals surface area (Å²) in [5, 5.41) is 1.02. The van der Waals surface area contributed by atoms with Crippen LogP contribution in [0, 0.1) is 5.92 Å². The van der Waals surface area contributed by atoms with E-state index >= 15 is 0 Å². The smallest absolute Gasteiger partial charge is 0.283 e. The van der Waals surface area contributed by atoms with Crippen molar-refractivity contribution < 1.29 is 14.3 Å². The van der Waals surface area contributed by atoms with E-state index in [1.807, 2.05) is 24.3 Å². The first-order valence-electron chi connectivity index (χ1n) is 9.45. The molecule has 9 heteroatoms. The van der Waals surface area contributed by atoms with Gasteiger partial charge in [0.15, 0.2) is 5.17 Å². The lowest BCUT2D eigenvalue weighted by Crippen LogP contribution is -2.30. The summed E-state index contributed by atoms with van der Waals surface area (Å²) in [6.45, 7) is 0. The lowest BCUT2D eigenvalue weighted by atomic mass is 10.2. The molecule has 1 fully saturated rings. The normalized spacial score (nSPS) is 20.7. The summed E-state index contributed by atoms with van der Waals surface area (Å²) in [7, 11) is 3.14. The summed E-state index contributed by atoms with van der Waals surface area (Å²) in [6, 6.07) is 12.6. The first kappa shape index (κ1) is 22.3. The Bertz CT molecular complexity index is 1070. The summed E-state index contributed by atoms with van der Waals surface area (Å²) < 4.78 is 9.82. The Morgan fingerprint density at radius 2 is 1.90 bits per heavy atom. The van der Waals surface area contributed by atoms with Gasteiger partial charge < -0.3 is 9.47 Å². The Labute approximate surface area is 200 Å². The third-order valence-electron chi connectivity index (χ3n) is 5.01. The number of alkyl halides is 2. The molecule has 5 nitrogen and oxygen atoms in total. The van der Waals surface area contributed by atoms with Gasteiger partial charge in [-0.25, -0.2) is 4.99 Å². The third kappa shape index (κ3) is 4.82. The van der Waals surface area contributed by atoms with Crippen LogP contribution in [0.25, 0.3) is 6.08 Å². The second-order valence-electron chi connectivity index (χ2n) is 7.13. The van der Waals surface area contributed by atoms with Gasteiger partial charge in [-0.3, -0.25) is 9.69 Å². The number of amidine groups is 1.